The summed E-state index contributed by atoms with van der Waals surface area (Å²) in [5, 5.41) is 21.7. The Labute approximate surface area is 107 Å². The van der Waals surface area contributed by atoms with E-state index in [1.54, 1.807) is 6.92 Å². The van der Waals surface area contributed by atoms with Crippen LogP contribution in [0.1, 0.15) is 23.7 Å². The van der Waals surface area contributed by atoms with Crippen molar-refractivity contribution < 1.29 is 23.6 Å². The minimum Gasteiger partial charge on any atom is -0.394 e. The van der Waals surface area contributed by atoms with Gasteiger partial charge in [-0.05, 0) is 6.42 Å². The van der Waals surface area contributed by atoms with E-state index in [0.717, 1.165) is 0 Å². The fraction of sp³-hybridized carbons (Fsp3) is 0.364. The molecule has 1 amide bonds. The second kappa shape index (κ2) is 6.19. The molecule has 0 aliphatic heterocycles. The third-order valence-electron chi connectivity index (χ3n) is 2.53. The zero-order valence-electron chi connectivity index (χ0n) is 10.0. The number of nitrogens with one attached hydrogen (secondary N) is 1. The first-order valence-electron chi connectivity index (χ1n) is 5.45. The van der Waals surface area contributed by atoms with Crippen LogP contribution >= 0.6 is 0 Å². The maximum absolute atomic E-state index is 13.4. The molecule has 6 nitrogen and oxygen atoms in total. The molecule has 8 heteroatoms. The summed E-state index contributed by atoms with van der Waals surface area (Å²) in [6.45, 7) is 1.33. The SMILES string of the molecule is CC[C@@H](CO)NC(=O)c1cc([N+](=O)[O-])c(F)cc1F. The van der Waals surface area contributed by atoms with E-state index >= 15 is 0 Å². The van der Waals surface area contributed by atoms with Crippen LogP contribution in [-0.4, -0.2) is 28.6 Å². The number of halogens is 2. The van der Waals surface area contributed by atoms with Gasteiger partial charge in [-0.3, -0.25) is 14.9 Å². The molecule has 0 unspecified atom stereocenters. The highest BCUT2D eigenvalue weighted by molar-refractivity contribution is 5.95. The number of carbonyl (C=O) groups excluding carboxylic acids is 1. The van der Waals surface area contributed by atoms with E-state index in [9.17, 15) is 23.7 Å². The number of hydrogen-bond acceptors (Lipinski definition) is 4. The Bertz CT molecular complexity index is 504. The fourth-order valence-corrected chi connectivity index (χ4v) is 1.39. The second-order valence-electron chi connectivity index (χ2n) is 3.80. The minimum absolute atomic E-state index is 0.285. The van der Waals surface area contributed by atoms with Gasteiger partial charge in [0.15, 0.2) is 0 Å². The number of benzene rings is 1. The number of nitro groups is 1. The average Bonchev–Trinajstić information content (AvgIpc) is 2.35. The predicted octanol–water partition coefficient (Wildman–Crippen LogP) is 1.37. The Balaban J connectivity index is 3.09. The number of aliphatic hydroxyl groups excluding tert-OH is 1. The van der Waals surface area contributed by atoms with Crippen molar-refractivity contribution in [1.82, 2.24) is 5.32 Å². The highest BCUT2D eigenvalue weighted by Gasteiger charge is 2.23. The van der Waals surface area contributed by atoms with Crippen molar-refractivity contribution in [2.75, 3.05) is 6.61 Å². The van der Waals surface area contributed by atoms with Gasteiger partial charge in [0.25, 0.3) is 5.91 Å². The van der Waals surface area contributed by atoms with Crippen molar-refractivity contribution >= 4 is 11.6 Å². The van der Waals surface area contributed by atoms with Gasteiger partial charge in [-0.15, -0.1) is 0 Å². The Morgan fingerprint density at radius 3 is 2.58 bits per heavy atom. The molecule has 1 aromatic carbocycles. The molecule has 1 aromatic rings. The fourth-order valence-electron chi connectivity index (χ4n) is 1.39. The Morgan fingerprint density at radius 1 is 1.47 bits per heavy atom. The van der Waals surface area contributed by atoms with Crippen LogP contribution in [0.5, 0.6) is 0 Å². The normalized spacial score (nSPS) is 12.0. The molecule has 0 spiro atoms. The monoisotopic (exact) mass is 274 g/mol. The van der Waals surface area contributed by atoms with Crippen molar-refractivity contribution in [2.45, 2.75) is 19.4 Å². The van der Waals surface area contributed by atoms with Crippen LogP contribution < -0.4 is 5.32 Å². The molecule has 0 saturated heterocycles. The lowest BCUT2D eigenvalue weighted by Gasteiger charge is -2.14. The molecular weight excluding hydrogens is 262 g/mol. The summed E-state index contributed by atoms with van der Waals surface area (Å²) >= 11 is 0. The second-order valence-corrected chi connectivity index (χ2v) is 3.80. The van der Waals surface area contributed by atoms with E-state index in [1.165, 1.54) is 0 Å². The van der Waals surface area contributed by atoms with Crippen molar-refractivity contribution in [3.63, 3.8) is 0 Å². The molecule has 0 radical (unpaired) electrons. The van der Waals surface area contributed by atoms with Crippen LogP contribution in [0.15, 0.2) is 12.1 Å². The van der Waals surface area contributed by atoms with Crippen LogP contribution in [0, 0.1) is 21.7 Å². The summed E-state index contributed by atoms with van der Waals surface area (Å²) in [7, 11) is 0. The van der Waals surface area contributed by atoms with Gasteiger partial charge < -0.3 is 10.4 Å². The lowest BCUT2D eigenvalue weighted by atomic mass is 10.1. The maximum atomic E-state index is 13.4. The topological polar surface area (TPSA) is 92.5 Å². The summed E-state index contributed by atoms with van der Waals surface area (Å²) in [6, 6.07) is 0.216. The van der Waals surface area contributed by atoms with Gasteiger partial charge in [0, 0.05) is 12.1 Å². The first kappa shape index (κ1) is 15.0. The third-order valence-corrected chi connectivity index (χ3v) is 2.53. The minimum atomic E-state index is -1.35. The van der Waals surface area contributed by atoms with Gasteiger partial charge in [0.1, 0.15) is 5.82 Å². The third kappa shape index (κ3) is 3.44. The van der Waals surface area contributed by atoms with E-state index < -0.39 is 39.8 Å². The lowest BCUT2D eigenvalue weighted by molar-refractivity contribution is -0.387. The van der Waals surface area contributed by atoms with E-state index in [1.807, 2.05) is 0 Å². The smallest absolute Gasteiger partial charge is 0.305 e. The Kier molecular flexibility index (Phi) is 4.87. The molecule has 0 aliphatic carbocycles. The van der Waals surface area contributed by atoms with Crippen molar-refractivity contribution in [1.29, 1.82) is 0 Å². The van der Waals surface area contributed by atoms with Crippen LogP contribution in [0.3, 0.4) is 0 Å². The zero-order valence-corrected chi connectivity index (χ0v) is 10.0. The molecule has 0 fully saturated rings. The van der Waals surface area contributed by atoms with Gasteiger partial charge >= 0.3 is 5.69 Å². The largest absolute Gasteiger partial charge is 0.394 e. The highest BCUT2D eigenvalue weighted by Crippen LogP contribution is 2.21. The molecule has 19 heavy (non-hydrogen) atoms. The summed E-state index contributed by atoms with van der Waals surface area (Å²) in [5.74, 6) is -3.50. The van der Waals surface area contributed by atoms with Crippen molar-refractivity contribution in [2.24, 2.45) is 0 Å². The van der Waals surface area contributed by atoms with Gasteiger partial charge in [0.05, 0.1) is 23.1 Å². The van der Waals surface area contributed by atoms with Crippen molar-refractivity contribution in [3.8, 4) is 0 Å². The number of nitrogens with zero attached hydrogens (tertiary/aromatic N) is 1. The standard InChI is InChI=1S/C11H12F2N2O4/c1-2-6(5-16)14-11(17)7-3-10(15(18)19)9(13)4-8(7)12/h3-4,6,16H,2,5H2,1H3,(H,14,17)/t6-/m0/s1. The van der Waals surface area contributed by atoms with Gasteiger partial charge in [-0.1, -0.05) is 6.92 Å². The average molecular weight is 274 g/mol. The number of amides is 1. The Hall–Kier alpha value is -2.09. The lowest BCUT2D eigenvalue weighted by Crippen LogP contribution is -2.37. The molecule has 1 rings (SSSR count). The molecule has 0 bridgehead atoms. The molecule has 0 saturated carbocycles. The van der Waals surface area contributed by atoms with E-state index in [-0.39, 0.29) is 12.7 Å². The molecular formula is C11H12F2N2O4. The first-order chi connectivity index (χ1) is 8.90. The van der Waals surface area contributed by atoms with Crippen LogP contribution in [0.4, 0.5) is 14.5 Å². The number of carbonyl (C=O) groups is 1. The van der Waals surface area contributed by atoms with Gasteiger partial charge in [0.2, 0.25) is 5.82 Å². The van der Waals surface area contributed by atoms with Crippen LogP contribution in [0.2, 0.25) is 0 Å². The summed E-state index contributed by atoms with van der Waals surface area (Å²) in [4.78, 5) is 21.1. The molecule has 0 aliphatic rings. The van der Waals surface area contributed by atoms with Gasteiger partial charge in [-0.2, -0.15) is 4.39 Å². The highest BCUT2D eigenvalue weighted by atomic mass is 19.1. The number of aliphatic hydroxyl groups is 1. The Morgan fingerprint density at radius 2 is 2.11 bits per heavy atom. The van der Waals surface area contributed by atoms with E-state index in [0.29, 0.717) is 12.5 Å². The summed E-state index contributed by atoms with van der Waals surface area (Å²) < 4.78 is 26.5. The van der Waals surface area contributed by atoms with Gasteiger partial charge in [-0.25, -0.2) is 4.39 Å². The zero-order chi connectivity index (χ0) is 14.6. The molecule has 2 N–H and O–H groups in total. The molecule has 1 atom stereocenters. The van der Waals surface area contributed by atoms with E-state index in [4.69, 9.17) is 5.11 Å². The number of nitro benzene ring substituents is 1. The maximum Gasteiger partial charge on any atom is 0.305 e. The first-order valence-corrected chi connectivity index (χ1v) is 5.45. The summed E-state index contributed by atoms with van der Waals surface area (Å²) in [6.07, 6.45) is 0.396. The molecule has 0 aromatic heterocycles. The van der Waals surface area contributed by atoms with Crippen molar-refractivity contribution in [3.05, 3.63) is 39.4 Å². The quantitative estimate of drug-likeness (QED) is 0.626. The number of rotatable bonds is 5. The predicted molar refractivity (Wildman–Crippen MR) is 61.6 cm³/mol. The van der Waals surface area contributed by atoms with Crippen LogP contribution in [0.25, 0.3) is 0 Å². The van der Waals surface area contributed by atoms with Crippen LogP contribution in [-0.2, 0) is 0 Å². The molecule has 0 heterocycles. The summed E-state index contributed by atoms with van der Waals surface area (Å²) in [5.41, 5.74) is -1.62. The molecule has 104 valence electrons. The number of hydrogen-bond donors (Lipinski definition) is 2. The van der Waals surface area contributed by atoms with E-state index in [2.05, 4.69) is 5.32 Å².